The predicted octanol–water partition coefficient (Wildman–Crippen LogP) is 4.63. The maximum atomic E-state index is 13.1. The lowest BCUT2D eigenvalue weighted by atomic mass is 10.1. The van der Waals surface area contributed by atoms with Crippen LogP contribution < -0.4 is 11.1 Å². The molecule has 2 amide bonds. The van der Waals surface area contributed by atoms with Gasteiger partial charge in [-0.05, 0) is 63.0 Å². The minimum Gasteiger partial charge on any atom is -0.365 e. The molecule has 0 spiro atoms. The minimum atomic E-state index is -0.512. The minimum absolute atomic E-state index is 0.236. The number of primary amides is 1. The average molecular weight is 504 g/mol. The van der Waals surface area contributed by atoms with Crippen LogP contribution in [-0.4, -0.2) is 31.8 Å². The Bertz CT molecular complexity index is 1360. The lowest BCUT2D eigenvalue weighted by Gasteiger charge is -2.14. The predicted molar refractivity (Wildman–Crippen MR) is 142 cm³/mol. The molecule has 3 aromatic rings. The molecule has 2 heterocycles. The Balaban J connectivity index is 1.62. The molecule has 2 aromatic heterocycles. The summed E-state index contributed by atoms with van der Waals surface area (Å²) in [6.45, 7) is 3.70. The highest BCUT2D eigenvalue weighted by Gasteiger charge is 2.28. The van der Waals surface area contributed by atoms with E-state index in [1.807, 2.05) is 47.9 Å². The second kappa shape index (κ2) is 10.8. The summed E-state index contributed by atoms with van der Waals surface area (Å²) >= 11 is 2.73. The van der Waals surface area contributed by atoms with Crippen molar-refractivity contribution in [2.24, 2.45) is 5.73 Å². The number of aryl methyl sites for hydroxylation is 1. The number of terminal acetylenes is 1. The summed E-state index contributed by atoms with van der Waals surface area (Å²) in [5, 5.41) is 12.3. The first kappa shape index (κ1) is 24.5. The topological polar surface area (TPSA) is 103 Å². The van der Waals surface area contributed by atoms with E-state index in [1.54, 1.807) is 19.1 Å². The molecule has 1 aliphatic rings. The zero-order chi connectivity index (χ0) is 24.9. The number of nitrogens with two attached hydrogens (primary N) is 1. The van der Waals surface area contributed by atoms with Gasteiger partial charge in [0.25, 0.3) is 5.91 Å². The quantitative estimate of drug-likeness (QED) is 0.265. The third-order valence-corrected chi connectivity index (χ3v) is 7.88. The molecule has 178 valence electrons. The molecule has 3 N–H and O–H groups in total. The molecule has 0 radical (unpaired) electrons. The standard InChI is InChI=1S/C26H25N5O2S2/c1-4-6-11-17(5-2)23-29-30-26(31(23)18-12-8-7-9-13-18)34-16(3)24(33)28-25-21(22(27)32)19-14-10-15-20(19)35-25/h1,5-9,11-13,16H,10,14-15H2,2-3H3,(H2,27,32)(H,28,33)/b11-6-,17-5+. The van der Waals surface area contributed by atoms with Crippen molar-refractivity contribution < 1.29 is 9.59 Å². The van der Waals surface area contributed by atoms with E-state index < -0.39 is 11.2 Å². The lowest BCUT2D eigenvalue weighted by molar-refractivity contribution is -0.115. The van der Waals surface area contributed by atoms with Gasteiger partial charge in [0.15, 0.2) is 11.0 Å². The number of hydrogen-bond donors (Lipinski definition) is 2. The van der Waals surface area contributed by atoms with Crippen molar-refractivity contribution in [3.05, 3.63) is 70.4 Å². The fourth-order valence-electron chi connectivity index (χ4n) is 3.96. The number of rotatable bonds is 8. The summed E-state index contributed by atoms with van der Waals surface area (Å²) in [4.78, 5) is 26.3. The van der Waals surface area contributed by atoms with Gasteiger partial charge in [0.05, 0.1) is 10.8 Å². The normalized spacial score (nSPS) is 14.0. The van der Waals surface area contributed by atoms with Gasteiger partial charge in [-0.2, -0.15) is 0 Å². The van der Waals surface area contributed by atoms with Gasteiger partial charge in [-0.3, -0.25) is 14.2 Å². The van der Waals surface area contributed by atoms with Gasteiger partial charge in [-0.1, -0.05) is 42.0 Å². The second-order valence-corrected chi connectivity index (χ2v) is 10.3. The maximum absolute atomic E-state index is 13.1. The van der Waals surface area contributed by atoms with Crippen LogP contribution in [0.1, 0.15) is 46.9 Å². The molecule has 0 saturated heterocycles. The molecule has 9 heteroatoms. The summed E-state index contributed by atoms with van der Waals surface area (Å²) < 4.78 is 1.90. The number of amides is 2. The highest BCUT2D eigenvalue weighted by Crippen LogP contribution is 2.39. The number of nitrogens with zero attached hydrogens (tertiary/aromatic N) is 3. The van der Waals surface area contributed by atoms with Crippen molar-refractivity contribution >= 4 is 45.5 Å². The van der Waals surface area contributed by atoms with E-state index in [-0.39, 0.29) is 5.91 Å². The number of fused-ring (bicyclic) bond motifs is 1. The third-order valence-electron chi connectivity index (χ3n) is 5.63. The van der Waals surface area contributed by atoms with Crippen LogP contribution in [0.5, 0.6) is 0 Å². The van der Waals surface area contributed by atoms with Gasteiger partial charge < -0.3 is 11.1 Å². The number of anilines is 1. The monoisotopic (exact) mass is 503 g/mol. The smallest absolute Gasteiger partial charge is 0.251 e. The Morgan fingerprint density at radius 2 is 2.06 bits per heavy atom. The van der Waals surface area contributed by atoms with Crippen LogP contribution in [0.2, 0.25) is 0 Å². The van der Waals surface area contributed by atoms with Crippen LogP contribution in [0.3, 0.4) is 0 Å². The van der Waals surface area contributed by atoms with Gasteiger partial charge in [0.2, 0.25) is 5.91 Å². The zero-order valence-electron chi connectivity index (χ0n) is 19.4. The number of nitrogens with one attached hydrogen (secondary N) is 1. The Morgan fingerprint density at radius 1 is 1.29 bits per heavy atom. The first-order valence-corrected chi connectivity index (χ1v) is 12.9. The van der Waals surface area contributed by atoms with Crippen LogP contribution >= 0.6 is 23.1 Å². The molecule has 4 rings (SSSR count). The van der Waals surface area contributed by atoms with E-state index in [1.165, 1.54) is 23.1 Å². The molecule has 0 fully saturated rings. The number of benzene rings is 1. The molecule has 35 heavy (non-hydrogen) atoms. The van der Waals surface area contributed by atoms with Gasteiger partial charge in [-0.15, -0.1) is 28.0 Å². The number of para-hydroxylation sites is 1. The van der Waals surface area contributed by atoms with E-state index in [2.05, 4.69) is 21.4 Å². The summed E-state index contributed by atoms with van der Waals surface area (Å²) in [7, 11) is 0. The number of aromatic nitrogens is 3. The Hall–Kier alpha value is -3.61. The Kier molecular flexibility index (Phi) is 7.54. The van der Waals surface area contributed by atoms with Gasteiger partial charge in [0, 0.05) is 16.1 Å². The van der Waals surface area contributed by atoms with Crippen LogP contribution in [0.25, 0.3) is 11.3 Å². The van der Waals surface area contributed by atoms with E-state index in [4.69, 9.17) is 12.2 Å². The first-order chi connectivity index (χ1) is 16.9. The molecule has 1 atom stereocenters. The molecule has 1 aromatic carbocycles. The molecule has 1 aliphatic carbocycles. The average Bonchev–Trinajstić information content (AvgIpc) is 3.55. The maximum Gasteiger partial charge on any atom is 0.251 e. The van der Waals surface area contributed by atoms with E-state index >= 15 is 0 Å². The van der Waals surface area contributed by atoms with Crippen LogP contribution in [0, 0.1) is 12.3 Å². The largest absolute Gasteiger partial charge is 0.365 e. The molecule has 0 aliphatic heterocycles. The van der Waals surface area contributed by atoms with Crippen LogP contribution in [0.4, 0.5) is 5.00 Å². The fourth-order valence-corrected chi connectivity index (χ4v) is 6.12. The highest BCUT2D eigenvalue weighted by molar-refractivity contribution is 8.00. The van der Waals surface area contributed by atoms with Crippen molar-refractivity contribution in [2.75, 3.05) is 5.32 Å². The lowest BCUT2D eigenvalue weighted by Crippen LogP contribution is -2.24. The molecular formula is C26H25N5O2S2. The Labute approximate surface area is 212 Å². The molecule has 0 saturated carbocycles. The van der Waals surface area contributed by atoms with Crippen molar-refractivity contribution in [2.45, 2.75) is 43.5 Å². The fraction of sp³-hybridized carbons (Fsp3) is 0.231. The zero-order valence-corrected chi connectivity index (χ0v) is 21.1. The summed E-state index contributed by atoms with van der Waals surface area (Å²) in [6.07, 6.45) is 13.4. The first-order valence-electron chi connectivity index (χ1n) is 11.2. The van der Waals surface area contributed by atoms with Crippen molar-refractivity contribution in [3.63, 3.8) is 0 Å². The van der Waals surface area contributed by atoms with E-state index in [0.29, 0.717) is 21.5 Å². The van der Waals surface area contributed by atoms with Crippen LogP contribution in [-0.2, 0) is 17.6 Å². The number of thiophene rings is 1. The summed E-state index contributed by atoms with van der Waals surface area (Å²) in [6, 6.07) is 9.69. The molecular weight excluding hydrogens is 478 g/mol. The molecule has 1 unspecified atom stereocenters. The van der Waals surface area contributed by atoms with Gasteiger partial charge in [-0.25, -0.2) is 0 Å². The van der Waals surface area contributed by atoms with Crippen molar-refractivity contribution in [1.29, 1.82) is 0 Å². The highest BCUT2D eigenvalue weighted by atomic mass is 32.2. The Morgan fingerprint density at radius 3 is 2.74 bits per heavy atom. The van der Waals surface area contributed by atoms with E-state index in [9.17, 15) is 9.59 Å². The number of allylic oxidation sites excluding steroid dienone is 4. The number of thioether (sulfide) groups is 1. The number of hydrogen-bond acceptors (Lipinski definition) is 6. The second-order valence-electron chi connectivity index (χ2n) is 7.90. The van der Waals surface area contributed by atoms with Crippen molar-refractivity contribution in [3.8, 4) is 18.0 Å². The molecule has 0 bridgehead atoms. The van der Waals surface area contributed by atoms with Crippen LogP contribution in [0.15, 0.2) is 53.7 Å². The van der Waals surface area contributed by atoms with Gasteiger partial charge in [0.1, 0.15) is 5.00 Å². The molecule has 7 nitrogen and oxygen atoms in total. The summed E-state index contributed by atoms with van der Waals surface area (Å²) in [5.74, 6) is 2.37. The SMILES string of the molecule is C#C/C=C\C(=C/C)c1nnc(SC(C)C(=O)Nc2sc3c(c2C(N)=O)CCC3)n1-c1ccccc1. The number of carbonyl (C=O) groups is 2. The third kappa shape index (κ3) is 5.09. The van der Waals surface area contributed by atoms with Gasteiger partial charge >= 0.3 is 0 Å². The van der Waals surface area contributed by atoms with E-state index in [0.717, 1.165) is 41.0 Å². The number of carbonyl (C=O) groups excluding carboxylic acids is 2. The summed E-state index contributed by atoms with van der Waals surface area (Å²) in [5.41, 5.74) is 8.73. The van der Waals surface area contributed by atoms with Crippen molar-refractivity contribution in [1.82, 2.24) is 14.8 Å².